The monoisotopic (exact) mass is 321 g/mol. The van der Waals surface area contributed by atoms with Crippen LogP contribution in [0.5, 0.6) is 5.75 Å². The zero-order valence-corrected chi connectivity index (χ0v) is 14.9. The van der Waals surface area contributed by atoms with Crippen molar-refractivity contribution in [2.24, 2.45) is 5.92 Å². The van der Waals surface area contributed by atoms with Crippen LogP contribution in [0, 0.1) is 19.8 Å². The van der Waals surface area contributed by atoms with Crippen molar-refractivity contribution in [2.45, 2.75) is 66.1 Å². The molecule has 1 aromatic rings. The normalized spacial score (nSPS) is 26.0. The van der Waals surface area contributed by atoms with Crippen molar-refractivity contribution in [2.75, 3.05) is 11.9 Å². The van der Waals surface area contributed by atoms with E-state index in [1.165, 1.54) is 16.7 Å². The molecule has 0 spiro atoms. The molecule has 2 aliphatic rings. The van der Waals surface area contributed by atoms with Crippen LogP contribution in [0.15, 0.2) is 6.07 Å². The number of fused-ring (bicyclic) bond motifs is 1. The summed E-state index contributed by atoms with van der Waals surface area (Å²) in [6.07, 6.45) is 0.251. The first-order valence-electron chi connectivity index (χ1n) is 8.32. The lowest BCUT2D eigenvalue weighted by molar-refractivity contribution is -0.485. The number of hydrogen-bond donors (Lipinski definition) is 1. The molecule has 5 nitrogen and oxygen atoms in total. The molecule has 1 saturated heterocycles. The van der Waals surface area contributed by atoms with E-state index in [4.69, 9.17) is 19.2 Å². The Labute approximate surface area is 138 Å². The zero-order valence-electron chi connectivity index (χ0n) is 14.9. The summed E-state index contributed by atoms with van der Waals surface area (Å²) in [5.74, 6) is 1.15. The van der Waals surface area contributed by atoms with Gasteiger partial charge < -0.3 is 14.8 Å². The first-order valence-corrected chi connectivity index (χ1v) is 8.32. The fourth-order valence-electron chi connectivity index (χ4n) is 2.94. The fraction of sp³-hybridized carbons (Fsp3) is 0.667. The van der Waals surface area contributed by atoms with Gasteiger partial charge in [-0.1, -0.05) is 13.8 Å². The molecular formula is C18H27NO4. The maximum absolute atomic E-state index is 6.08. The number of aryl methyl sites for hydroxylation is 1. The van der Waals surface area contributed by atoms with Gasteiger partial charge in [0.15, 0.2) is 12.5 Å². The van der Waals surface area contributed by atoms with Crippen molar-refractivity contribution < 1.29 is 19.2 Å². The second kappa shape index (κ2) is 5.96. The minimum absolute atomic E-state index is 0.206. The van der Waals surface area contributed by atoms with Crippen molar-refractivity contribution in [3.63, 3.8) is 0 Å². The van der Waals surface area contributed by atoms with Gasteiger partial charge in [0.05, 0.1) is 12.3 Å². The second-order valence-corrected chi connectivity index (χ2v) is 7.33. The average molecular weight is 321 g/mol. The summed E-state index contributed by atoms with van der Waals surface area (Å²) in [5.41, 5.74) is 4.22. The highest BCUT2D eigenvalue weighted by Crippen LogP contribution is 2.40. The largest absolute Gasteiger partial charge is 0.491 e. The predicted molar refractivity (Wildman–Crippen MR) is 88.5 cm³/mol. The van der Waals surface area contributed by atoms with E-state index in [1.54, 1.807) is 0 Å². The Morgan fingerprint density at radius 3 is 2.70 bits per heavy atom. The maximum atomic E-state index is 6.08. The van der Waals surface area contributed by atoms with Gasteiger partial charge >= 0.3 is 0 Å². The van der Waals surface area contributed by atoms with Crippen molar-refractivity contribution in [3.8, 4) is 5.75 Å². The minimum Gasteiger partial charge on any atom is -0.491 e. The van der Waals surface area contributed by atoms with Crippen LogP contribution in [0.2, 0.25) is 0 Å². The molecule has 2 unspecified atom stereocenters. The molecule has 1 fully saturated rings. The van der Waals surface area contributed by atoms with Crippen molar-refractivity contribution in [1.29, 1.82) is 0 Å². The van der Waals surface area contributed by atoms with Gasteiger partial charge in [0.25, 0.3) is 0 Å². The molecule has 2 atom stereocenters. The Morgan fingerprint density at radius 2 is 2.00 bits per heavy atom. The summed E-state index contributed by atoms with van der Waals surface area (Å²) < 4.78 is 11.9. The van der Waals surface area contributed by atoms with Crippen LogP contribution >= 0.6 is 0 Å². The van der Waals surface area contributed by atoms with Gasteiger partial charge in [-0.3, -0.25) is 0 Å². The van der Waals surface area contributed by atoms with Crippen molar-refractivity contribution >= 4 is 5.69 Å². The van der Waals surface area contributed by atoms with Gasteiger partial charge in [-0.15, -0.1) is 0 Å². The smallest absolute Gasteiger partial charge is 0.196 e. The molecule has 0 radical (unpaired) electrons. The van der Waals surface area contributed by atoms with Crippen molar-refractivity contribution in [1.82, 2.24) is 0 Å². The van der Waals surface area contributed by atoms with Gasteiger partial charge in [0, 0.05) is 17.9 Å². The highest BCUT2D eigenvalue weighted by molar-refractivity contribution is 5.66. The summed E-state index contributed by atoms with van der Waals surface area (Å²) >= 11 is 0. The van der Waals surface area contributed by atoms with E-state index in [0.717, 1.165) is 24.5 Å². The number of anilines is 1. The first-order chi connectivity index (χ1) is 10.8. The second-order valence-electron chi connectivity index (χ2n) is 7.33. The van der Waals surface area contributed by atoms with E-state index in [-0.39, 0.29) is 18.4 Å². The SMILES string of the molecule is Cc1cc(NC2OC(C(C)C)OOC2(C)C)c2c(c1C)CCO2. The molecule has 0 aromatic heterocycles. The minimum atomic E-state index is -0.602. The van der Waals surface area contributed by atoms with Crippen LogP contribution < -0.4 is 10.1 Å². The third kappa shape index (κ3) is 3.05. The lowest BCUT2D eigenvalue weighted by Gasteiger charge is -2.42. The maximum Gasteiger partial charge on any atom is 0.196 e. The van der Waals surface area contributed by atoms with Gasteiger partial charge in [0.2, 0.25) is 0 Å². The van der Waals surface area contributed by atoms with Gasteiger partial charge in [-0.2, -0.15) is 0 Å². The highest BCUT2D eigenvalue weighted by Gasteiger charge is 2.42. The molecule has 128 valence electrons. The van der Waals surface area contributed by atoms with E-state index < -0.39 is 5.60 Å². The van der Waals surface area contributed by atoms with E-state index in [9.17, 15) is 0 Å². The molecule has 2 heterocycles. The number of ether oxygens (including phenoxy) is 2. The van der Waals surface area contributed by atoms with Gasteiger partial charge in [0.1, 0.15) is 11.4 Å². The lowest BCUT2D eigenvalue weighted by atomic mass is 9.99. The molecule has 2 aliphatic heterocycles. The molecule has 0 aliphatic carbocycles. The Morgan fingerprint density at radius 1 is 1.26 bits per heavy atom. The number of nitrogens with one attached hydrogen (secondary N) is 1. The quantitative estimate of drug-likeness (QED) is 0.860. The van der Waals surface area contributed by atoms with Crippen molar-refractivity contribution in [3.05, 3.63) is 22.8 Å². The van der Waals surface area contributed by atoms with E-state index in [0.29, 0.717) is 0 Å². The third-order valence-electron chi connectivity index (χ3n) is 4.61. The average Bonchev–Trinajstić information content (AvgIpc) is 2.96. The van der Waals surface area contributed by atoms with Crippen LogP contribution in [0.1, 0.15) is 44.4 Å². The summed E-state index contributed by atoms with van der Waals surface area (Å²) in [7, 11) is 0. The summed E-state index contributed by atoms with van der Waals surface area (Å²) in [4.78, 5) is 10.9. The molecule has 5 heteroatoms. The Hall–Kier alpha value is -1.30. The van der Waals surface area contributed by atoms with Crippen LogP contribution in [0.3, 0.4) is 0 Å². The molecule has 1 aromatic carbocycles. The number of hydrogen-bond acceptors (Lipinski definition) is 5. The summed E-state index contributed by atoms with van der Waals surface area (Å²) in [5, 5.41) is 3.47. The lowest BCUT2D eigenvalue weighted by Crippen LogP contribution is -2.54. The van der Waals surface area contributed by atoms with Crippen LogP contribution in [-0.4, -0.2) is 24.7 Å². The topological polar surface area (TPSA) is 49.0 Å². The molecule has 0 bridgehead atoms. The standard InChI is InChI=1S/C18H27NO4/c1-10(2)16-21-17(18(5,6)23-22-16)19-14-9-11(3)12(4)13-7-8-20-15(13)14/h9-10,16-17,19H,7-8H2,1-6H3. The van der Waals surface area contributed by atoms with E-state index in [2.05, 4.69) is 25.2 Å². The fourth-order valence-corrected chi connectivity index (χ4v) is 2.94. The Balaban J connectivity index is 1.88. The van der Waals surface area contributed by atoms with Crippen LogP contribution in [-0.2, 0) is 20.9 Å². The Bertz CT molecular complexity index is 597. The predicted octanol–water partition coefficient (Wildman–Crippen LogP) is 3.72. The Kier molecular flexibility index (Phi) is 4.29. The zero-order chi connectivity index (χ0) is 16.8. The van der Waals surface area contributed by atoms with Gasteiger partial charge in [-0.05, 0) is 44.9 Å². The summed E-state index contributed by atoms with van der Waals surface area (Å²) in [6.45, 7) is 13.0. The summed E-state index contributed by atoms with van der Waals surface area (Å²) in [6, 6.07) is 2.12. The highest BCUT2D eigenvalue weighted by atomic mass is 17.2. The van der Waals surface area contributed by atoms with Crippen LogP contribution in [0.25, 0.3) is 0 Å². The molecule has 0 amide bonds. The van der Waals surface area contributed by atoms with E-state index >= 15 is 0 Å². The molecule has 1 N–H and O–H groups in total. The van der Waals surface area contributed by atoms with Crippen LogP contribution in [0.4, 0.5) is 5.69 Å². The van der Waals surface area contributed by atoms with Gasteiger partial charge in [-0.25, -0.2) is 9.78 Å². The number of rotatable bonds is 3. The molecule has 3 rings (SSSR count). The molecule has 0 saturated carbocycles. The third-order valence-corrected chi connectivity index (χ3v) is 4.61. The molecular weight excluding hydrogens is 294 g/mol. The number of benzene rings is 1. The van der Waals surface area contributed by atoms with E-state index in [1.807, 2.05) is 27.7 Å². The molecule has 23 heavy (non-hydrogen) atoms. The first kappa shape index (κ1) is 16.6.